The van der Waals surface area contributed by atoms with E-state index in [1.165, 1.54) is 0 Å². The van der Waals surface area contributed by atoms with Crippen LogP contribution in [0.15, 0.2) is 0 Å². The van der Waals surface area contributed by atoms with E-state index >= 15 is 0 Å². The largest absolute Gasteiger partial charge is 0.369 e. The molecule has 4 N–H and O–H groups in total. The van der Waals surface area contributed by atoms with Crippen LogP contribution in [0.4, 0.5) is 0 Å². The van der Waals surface area contributed by atoms with Gasteiger partial charge in [-0.15, -0.1) is 0 Å². The third-order valence-corrected chi connectivity index (χ3v) is 3.40. The van der Waals surface area contributed by atoms with Crippen molar-refractivity contribution in [3.05, 3.63) is 0 Å². The number of primary amides is 1. The van der Waals surface area contributed by atoms with Gasteiger partial charge in [-0.05, 0) is 33.6 Å². The predicted molar refractivity (Wildman–Crippen MR) is 66.2 cm³/mol. The third-order valence-electron chi connectivity index (χ3n) is 3.40. The highest BCUT2D eigenvalue weighted by Gasteiger charge is 2.28. The molecule has 17 heavy (non-hydrogen) atoms. The number of nitrogens with one attached hydrogen (secondary N) is 2. The molecule has 0 aromatic rings. The van der Waals surface area contributed by atoms with E-state index in [1.54, 1.807) is 13.8 Å². The van der Waals surface area contributed by atoms with E-state index in [1.807, 2.05) is 0 Å². The fraction of sp³-hybridized carbons (Fsp3) is 0.833. The molecule has 2 atom stereocenters. The molecule has 1 rings (SSSR count). The molecule has 1 aliphatic rings. The van der Waals surface area contributed by atoms with Gasteiger partial charge in [0.1, 0.15) is 0 Å². The Kier molecular flexibility index (Phi) is 4.51. The molecule has 1 aliphatic heterocycles. The Labute approximate surface area is 103 Å². The van der Waals surface area contributed by atoms with Crippen molar-refractivity contribution in [1.29, 1.82) is 0 Å². The van der Waals surface area contributed by atoms with Crippen molar-refractivity contribution in [2.24, 2.45) is 17.1 Å². The summed E-state index contributed by atoms with van der Waals surface area (Å²) in [7, 11) is 0. The Morgan fingerprint density at radius 3 is 2.53 bits per heavy atom. The molecule has 0 aromatic carbocycles. The number of carbonyl (C=O) groups is 2. The summed E-state index contributed by atoms with van der Waals surface area (Å²) < 4.78 is 0. The van der Waals surface area contributed by atoms with Crippen molar-refractivity contribution < 1.29 is 9.59 Å². The van der Waals surface area contributed by atoms with E-state index in [0.29, 0.717) is 19.1 Å². The number of nitrogens with two attached hydrogens (primary N) is 1. The minimum absolute atomic E-state index is 0.00914. The van der Waals surface area contributed by atoms with Gasteiger partial charge < -0.3 is 16.4 Å². The van der Waals surface area contributed by atoms with Crippen LogP contribution in [0.2, 0.25) is 0 Å². The highest BCUT2D eigenvalue weighted by molar-refractivity contribution is 5.83. The molecular formula is C12H23N3O2. The zero-order valence-electron chi connectivity index (χ0n) is 10.9. The van der Waals surface area contributed by atoms with Crippen LogP contribution in [-0.2, 0) is 9.59 Å². The second-order valence-electron chi connectivity index (χ2n) is 5.55. The van der Waals surface area contributed by atoms with Gasteiger partial charge in [0.2, 0.25) is 11.8 Å². The second-order valence-corrected chi connectivity index (χ2v) is 5.55. The van der Waals surface area contributed by atoms with E-state index in [-0.39, 0.29) is 11.8 Å². The molecule has 1 saturated heterocycles. The van der Waals surface area contributed by atoms with Gasteiger partial charge in [-0.3, -0.25) is 9.59 Å². The molecule has 98 valence electrons. The summed E-state index contributed by atoms with van der Waals surface area (Å²) in [5.41, 5.74) is 4.56. The fourth-order valence-electron chi connectivity index (χ4n) is 1.76. The monoisotopic (exact) mass is 241 g/mol. The molecule has 1 heterocycles. The zero-order chi connectivity index (χ0) is 13.1. The van der Waals surface area contributed by atoms with Crippen molar-refractivity contribution in [2.75, 3.05) is 13.1 Å². The van der Waals surface area contributed by atoms with Gasteiger partial charge in [-0.1, -0.05) is 0 Å². The van der Waals surface area contributed by atoms with E-state index in [4.69, 9.17) is 5.73 Å². The summed E-state index contributed by atoms with van der Waals surface area (Å²) in [6, 6.07) is 0.487. The lowest BCUT2D eigenvalue weighted by Gasteiger charge is -2.28. The fourth-order valence-corrected chi connectivity index (χ4v) is 1.76. The van der Waals surface area contributed by atoms with Crippen LogP contribution in [0, 0.1) is 11.3 Å². The molecule has 2 unspecified atom stereocenters. The van der Waals surface area contributed by atoms with Crippen LogP contribution in [0.3, 0.4) is 0 Å². The van der Waals surface area contributed by atoms with Crippen molar-refractivity contribution in [2.45, 2.75) is 39.7 Å². The van der Waals surface area contributed by atoms with Crippen LogP contribution in [0.25, 0.3) is 0 Å². The Hall–Kier alpha value is -1.10. The smallest absolute Gasteiger partial charge is 0.224 e. The lowest BCUT2D eigenvalue weighted by molar-refractivity contribution is -0.128. The number of amides is 2. The first-order valence-electron chi connectivity index (χ1n) is 6.14. The lowest BCUT2D eigenvalue weighted by Crippen LogP contribution is -2.48. The quantitative estimate of drug-likeness (QED) is 0.648. The maximum Gasteiger partial charge on any atom is 0.224 e. The summed E-state index contributed by atoms with van der Waals surface area (Å²) in [4.78, 5) is 23.0. The van der Waals surface area contributed by atoms with Gasteiger partial charge in [0.05, 0.1) is 11.3 Å². The summed E-state index contributed by atoms with van der Waals surface area (Å²) in [6.45, 7) is 6.59. The highest BCUT2D eigenvalue weighted by Crippen LogP contribution is 2.16. The number of hydrogen-bond acceptors (Lipinski definition) is 3. The summed E-state index contributed by atoms with van der Waals surface area (Å²) in [6.07, 6.45) is 1.91. The first-order valence-corrected chi connectivity index (χ1v) is 6.14. The molecule has 1 fully saturated rings. The topological polar surface area (TPSA) is 84.2 Å². The van der Waals surface area contributed by atoms with Crippen molar-refractivity contribution in [3.63, 3.8) is 0 Å². The molecule has 0 aliphatic carbocycles. The molecule has 0 bridgehead atoms. The minimum atomic E-state index is -0.689. The van der Waals surface area contributed by atoms with Crippen LogP contribution in [-0.4, -0.2) is 30.9 Å². The minimum Gasteiger partial charge on any atom is -0.369 e. The van der Waals surface area contributed by atoms with Crippen molar-refractivity contribution in [1.82, 2.24) is 10.6 Å². The molecule has 0 radical (unpaired) electrons. The Bertz CT molecular complexity index is 294. The average molecular weight is 241 g/mol. The molecule has 0 spiro atoms. The van der Waals surface area contributed by atoms with Crippen LogP contribution < -0.4 is 16.4 Å². The van der Waals surface area contributed by atoms with Gasteiger partial charge in [0.25, 0.3) is 0 Å². The first kappa shape index (κ1) is 14.0. The summed E-state index contributed by atoms with van der Waals surface area (Å²) in [5, 5.41) is 6.09. The Morgan fingerprint density at radius 1 is 1.41 bits per heavy atom. The second kappa shape index (κ2) is 5.49. The lowest BCUT2D eigenvalue weighted by atomic mass is 9.91. The van der Waals surface area contributed by atoms with Gasteiger partial charge >= 0.3 is 0 Å². The predicted octanol–water partition coefficient (Wildman–Crippen LogP) is 0.00220. The first-order chi connectivity index (χ1) is 7.83. The van der Waals surface area contributed by atoms with E-state index in [0.717, 1.165) is 12.8 Å². The molecule has 5 nitrogen and oxygen atoms in total. The van der Waals surface area contributed by atoms with E-state index < -0.39 is 11.3 Å². The van der Waals surface area contributed by atoms with Crippen LogP contribution >= 0.6 is 0 Å². The molecule has 0 saturated carbocycles. The summed E-state index contributed by atoms with van der Waals surface area (Å²) in [5.74, 6) is -0.373. The van der Waals surface area contributed by atoms with Gasteiger partial charge in [-0.2, -0.15) is 0 Å². The van der Waals surface area contributed by atoms with Gasteiger partial charge in [0, 0.05) is 19.1 Å². The SMILES string of the molecule is CC1CCC(C(=O)NCC(C)(C)C(N)=O)CN1. The molecule has 5 heteroatoms. The summed E-state index contributed by atoms with van der Waals surface area (Å²) >= 11 is 0. The zero-order valence-corrected chi connectivity index (χ0v) is 10.9. The molecular weight excluding hydrogens is 218 g/mol. The van der Waals surface area contributed by atoms with Crippen molar-refractivity contribution in [3.8, 4) is 0 Å². The van der Waals surface area contributed by atoms with Crippen molar-refractivity contribution >= 4 is 11.8 Å². The highest BCUT2D eigenvalue weighted by atomic mass is 16.2. The van der Waals surface area contributed by atoms with Crippen LogP contribution in [0.5, 0.6) is 0 Å². The maximum atomic E-state index is 11.9. The number of rotatable bonds is 4. The number of piperidine rings is 1. The molecule has 0 aromatic heterocycles. The Balaban J connectivity index is 2.37. The number of hydrogen-bond donors (Lipinski definition) is 3. The van der Waals surface area contributed by atoms with Gasteiger partial charge in [0.15, 0.2) is 0 Å². The number of carbonyl (C=O) groups excluding carboxylic acids is 2. The maximum absolute atomic E-state index is 11.9. The molecule has 2 amide bonds. The average Bonchev–Trinajstić information content (AvgIpc) is 2.27. The van der Waals surface area contributed by atoms with Crippen LogP contribution in [0.1, 0.15) is 33.6 Å². The van der Waals surface area contributed by atoms with E-state index in [9.17, 15) is 9.59 Å². The Morgan fingerprint density at radius 2 is 2.06 bits per heavy atom. The third kappa shape index (κ3) is 4.00. The van der Waals surface area contributed by atoms with Gasteiger partial charge in [-0.25, -0.2) is 0 Å². The standard InChI is InChI=1S/C12H23N3O2/c1-8-4-5-9(6-14-8)10(16)15-7-12(2,3)11(13)17/h8-9,14H,4-7H2,1-3H3,(H2,13,17)(H,15,16). The normalized spacial score (nSPS) is 25.4. The van der Waals surface area contributed by atoms with E-state index in [2.05, 4.69) is 17.6 Å².